The standard InChI is InChI=1S/C27H23N3O2S2/c1-2-5-23-16-22(13-15-28-23)27-30-24(17-33-27)20-11-9-19(10-12-20)18-34(31,32)25-8-3-6-21-7-4-14-29-26(21)25/h3-4,6-17H,2,5,18H2,1H3. The number of benzene rings is 2. The van der Waals surface area contributed by atoms with Gasteiger partial charge in [-0.05, 0) is 36.2 Å². The number of fused-ring (bicyclic) bond motifs is 1. The zero-order chi connectivity index (χ0) is 23.5. The molecule has 0 radical (unpaired) electrons. The van der Waals surface area contributed by atoms with E-state index in [1.54, 1.807) is 35.7 Å². The summed E-state index contributed by atoms with van der Waals surface area (Å²) >= 11 is 1.60. The first-order chi connectivity index (χ1) is 16.5. The molecule has 5 aromatic rings. The van der Waals surface area contributed by atoms with E-state index in [1.165, 1.54) is 0 Å². The highest BCUT2D eigenvalue weighted by atomic mass is 32.2. The van der Waals surface area contributed by atoms with Gasteiger partial charge in [0.05, 0.1) is 21.9 Å². The van der Waals surface area contributed by atoms with Gasteiger partial charge in [0.25, 0.3) is 0 Å². The Hall–Kier alpha value is -3.42. The van der Waals surface area contributed by atoms with E-state index in [0.29, 0.717) is 5.52 Å². The van der Waals surface area contributed by atoms with Crippen LogP contribution >= 0.6 is 11.3 Å². The molecule has 5 nitrogen and oxygen atoms in total. The van der Waals surface area contributed by atoms with Crippen molar-refractivity contribution in [2.24, 2.45) is 0 Å². The van der Waals surface area contributed by atoms with Crippen molar-refractivity contribution in [2.45, 2.75) is 30.4 Å². The third-order valence-corrected chi connectivity index (χ3v) is 8.22. The lowest BCUT2D eigenvalue weighted by Gasteiger charge is -2.08. The summed E-state index contributed by atoms with van der Waals surface area (Å²) in [6, 6.07) is 20.6. The van der Waals surface area contributed by atoms with Gasteiger partial charge in [-0.2, -0.15) is 0 Å². The fraction of sp³-hybridized carbons (Fsp3) is 0.148. The molecule has 7 heteroatoms. The molecule has 0 amide bonds. The number of thiazole rings is 1. The van der Waals surface area contributed by atoms with Crippen LogP contribution in [0.3, 0.4) is 0 Å². The molecule has 0 bridgehead atoms. The molecule has 34 heavy (non-hydrogen) atoms. The first kappa shape index (κ1) is 22.4. The molecule has 0 spiro atoms. The molecule has 0 fully saturated rings. The van der Waals surface area contributed by atoms with Gasteiger partial charge in [-0.15, -0.1) is 11.3 Å². The summed E-state index contributed by atoms with van der Waals surface area (Å²) in [6.07, 6.45) is 5.46. The fourth-order valence-electron chi connectivity index (χ4n) is 3.94. The number of aromatic nitrogens is 3. The first-order valence-corrected chi connectivity index (χ1v) is 13.6. The average Bonchev–Trinajstić information content (AvgIpc) is 3.35. The molecule has 2 aromatic carbocycles. The lowest BCUT2D eigenvalue weighted by molar-refractivity contribution is 0.596. The van der Waals surface area contributed by atoms with Crippen LogP contribution in [0.25, 0.3) is 32.7 Å². The number of rotatable bonds is 7. The van der Waals surface area contributed by atoms with Crippen LogP contribution in [0.2, 0.25) is 0 Å². The predicted molar refractivity (Wildman–Crippen MR) is 137 cm³/mol. The largest absolute Gasteiger partial charge is 0.261 e. The van der Waals surface area contributed by atoms with Crippen LogP contribution < -0.4 is 0 Å². The molecule has 0 atom stereocenters. The van der Waals surface area contributed by atoms with E-state index in [1.807, 2.05) is 54.0 Å². The Balaban J connectivity index is 1.37. The van der Waals surface area contributed by atoms with Crippen molar-refractivity contribution in [2.75, 3.05) is 0 Å². The van der Waals surface area contributed by atoms with Crippen LogP contribution in [0.15, 0.2) is 89.4 Å². The highest BCUT2D eigenvalue weighted by molar-refractivity contribution is 7.90. The lowest BCUT2D eigenvalue weighted by Crippen LogP contribution is -2.06. The molecule has 3 heterocycles. The van der Waals surface area contributed by atoms with E-state index in [4.69, 9.17) is 4.98 Å². The maximum absolute atomic E-state index is 13.1. The Morgan fingerprint density at radius 2 is 1.71 bits per heavy atom. The van der Waals surface area contributed by atoms with Gasteiger partial charge in [0, 0.05) is 40.0 Å². The van der Waals surface area contributed by atoms with Crippen LogP contribution in [0.1, 0.15) is 24.6 Å². The summed E-state index contributed by atoms with van der Waals surface area (Å²) in [4.78, 5) is 13.8. The van der Waals surface area contributed by atoms with Gasteiger partial charge in [0.2, 0.25) is 0 Å². The highest BCUT2D eigenvalue weighted by Crippen LogP contribution is 2.30. The van der Waals surface area contributed by atoms with Gasteiger partial charge >= 0.3 is 0 Å². The molecule has 0 unspecified atom stereocenters. The first-order valence-electron chi connectivity index (χ1n) is 11.1. The number of nitrogens with zero attached hydrogens (tertiary/aromatic N) is 3. The van der Waals surface area contributed by atoms with E-state index in [-0.39, 0.29) is 10.6 Å². The second kappa shape index (κ2) is 9.44. The molecular weight excluding hydrogens is 462 g/mol. The maximum Gasteiger partial charge on any atom is 0.184 e. The number of aryl methyl sites for hydroxylation is 1. The molecule has 0 aliphatic heterocycles. The summed E-state index contributed by atoms with van der Waals surface area (Å²) in [6.45, 7) is 2.14. The summed E-state index contributed by atoms with van der Waals surface area (Å²) in [7, 11) is -3.54. The number of sulfone groups is 1. The number of pyridine rings is 2. The zero-order valence-corrected chi connectivity index (χ0v) is 20.3. The third-order valence-electron chi connectivity index (χ3n) is 5.61. The molecule has 3 aromatic heterocycles. The molecule has 0 aliphatic carbocycles. The van der Waals surface area contributed by atoms with Crippen LogP contribution in [0.5, 0.6) is 0 Å². The lowest BCUT2D eigenvalue weighted by atomic mass is 10.1. The minimum absolute atomic E-state index is 0.0808. The topological polar surface area (TPSA) is 72.8 Å². The molecule has 0 aliphatic rings. The van der Waals surface area contributed by atoms with E-state index < -0.39 is 9.84 Å². The minimum Gasteiger partial charge on any atom is -0.261 e. The summed E-state index contributed by atoms with van der Waals surface area (Å²) in [5.41, 5.74) is 5.21. The highest BCUT2D eigenvalue weighted by Gasteiger charge is 2.19. The fourth-order valence-corrected chi connectivity index (χ4v) is 6.30. The van der Waals surface area contributed by atoms with Gasteiger partial charge in [-0.1, -0.05) is 55.8 Å². The van der Waals surface area contributed by atoms with Crippen molar-refractivity contribution in [1.29, 1.82) is 0 Å². The number of hydrogen-bond donors (Lipinski definition) is 0. The molecular formula is C27H23N3O2S2. The van der Waals surface area contributed by atoms with E-state index in [2.05, 4.69) is 23.0 Å². The molecule has 170 valence electrons. The van der Waals surface area contributed by atoms with Crippen LogP contribution in [-0.2, 0) is 22.0 Å². The monoisotopic (exact) mass is 485 g/mol. The summed E-state index contributed by atoms with van der Waals surface area (Å²) in [5.74, 6) is -0.0808. The average molecular weight is 486 g/mol. The zero-order valence-electron chi connectivity index (χ0n) is 18.7. The minimum atomic E-state index is -3.54. The second-order valence-electron chi connectivity index (χ2n) is 8.11. The molecule has 5 rings (SSSR count). The van der Waals surface area contributed by atoms with Crippen molar-refractivity contribution in [3.63, 3.8) is 0 Å². The van der Waals surface area contributed by atoms with Crippen molar-refractivity contribution >= 4 is 32.1 Å². The van der Waals surface area contributed by atoms with E-state index in [9.17, 15) is 8.42 Å². The SMILES string of the molecule is CCCc1cc(-c2nc(-c3ccc(CS(=O)(=O)c4cccc5cccnc45)cc3)cs2)ccn1. The number of para-hydroxylation sites is 1. The van der Waals surface area contributed by atoms with Crippen molar-refractivity contribution in [3.05, 3.63) is 95.8 Å². The van der Waals surface area contributed by atoms with E-state index in [0.717, 1.165) is 51.3 Å². The van der Waals surface area contributed by atoms with Gasteiger partial charge in [0.15, 0.2) is 9.84 Å². The normalized spacial score (nSPS) is 11.7. The van der Waals surface area contributed by atoms with Crippen LogP contribution in [-0.4, -0.2) is 23.4 Å². The van der Waals surface area contributed by atoms with Gasteiger partial charge < -0.3 is 0 Å². The van der Waals surface area contributed by atoms with Gasteiger partial charge in [-0.25, -0.2) is 13.4 Å². The summed E-state index contributed by atoms with van der Waals surface area (Å²) < 4.78 is 26.3. The Labute approximate surface area is 203 Å². The van der Waals surface area contributed by atoms with Gasteiger partial charge in [-0.3, -0.25) is 9.97 Å². The molecule has 0 saturated carbocycles. The Morgan fingerprint density at radius 3 is 2.53 bits per heavy atom. The van der Waals surface area contributed by atoms with Crippen LogP contribution in [0.4, 0.5) is 0 Å². The van der Waals surface area contributed by atoms with Crippen molar-refractivity contribution < 1.29 is 8.42 Å². The maximum atomic E-state index is 13.1. The van der Waals surface area contributed by atoms with Crippen LogP contribution in [0, 0.1) is 0 Å². The van der Waals surface area contributed by atoms with Gasteiger partial charge in [0.1, 0.15) is 5.01 Å². The third kappa shape index (κ3) is 4.62. The summed E-state index contributed by atoms with van der Waals surface area (Å²) in [5, 5.41) is 3.79. The Kier molecular flexibility index (Phi) is 6.22. The number of hydrogen-bond acceptors (Lipinski definition) is 6. The van der Waals surface area contributed by atoms with E-state index >= 15 is 0 Å². The van der Waals surface area contributed by atoms with Crippen molar-refractivity contribution in [3.8, 4) is 21.8 Å². The molecule has 0 N–H and O–H groups in total. The Bertz CT molecular complexity index is 1550. The van der Waals surface area contributed by atoms with Crippen molar-refractivity contribution in [1.82, 2.24) is 15.0 Å². The molecule has 0 saturated heterocycles. The second-order valence-corrected chi connectivity index (χ2v) is 10.9. The quantitative estimate of drug-likeness (QED) is 0.269. The predicted octanol–water partition coefficient (Wildman–Crippen LogP) is 6.35. The smallest absolute Gasteiger partial charge is 0.184 e. The Morgan fingerprint density at radius 1 is 0.882 bits per heavy atom.